The molecule has 0 fully saturated rings. The minimum Gasteiger partial charge on any atom is -0.488 e. The zero-order chi connectivity index (χ0) is 16.4. The van der Waals surface area contributed by atoms with Crippen molar-refractivity contribution in [3.63, 3.8) is 0 Å². The van der Waals surface area contributed by atoms with Crippen molar-refractivity contribution in [2.24, 2.45) is 0 Å². The second kappa shape index (κ2) is 5.97. The Labute approximate surface area is 125 Å². The van der Waals surface area contributed by atoms with Gasteiger partial charge in [-0.1, -0.05) is 0 Å². The second-order valence-corrected chi connectivity index (χ2v) is 4.84. The summed E-state index contributed by atoms with van der Waals surface area (Å²) in [6, 6.07) is 4.70. The fourth-order valence-electron chi connectivity index (χ4n) is 1.89. The predicted molar refractivity (Wildman–Crippen MR) is 76.7 cm³/mol. The lowest BCUT2D eigenvalue weighted by molar-refractivity contribution is 0.0692. The van der Waals surface area contributed by atoms with Crippen LogP contribution in [-0.2, 0) is 0 Å². The molecule has 2 rings (SSSR count). The average molecular weight is 308 g/mol. The molecule has 0 saturated carbocycles. The molecule has 22 heavy (non-hydrogen) atoms. The largest absolute Gasteiger partial charge is 0.488 e. The van der Waals surface area contributed by atoms with Gasteiger partial charge in [-0.3, -0.25) is 0 Å². The SMILES string of the molecule is CC(C)Oc1ccc(F)c(-c2ccc(N)c(C(=O)O)n2)c1F. The molecule has 0 unspecified atom stereocenters. The van der Waals surface area contributed by atoms with Crippen molar-refractivity contribution in [3.05, 3.63) is 41.6 Å². The first-order chi connectivity index (χ1) is 10.3. The average Bonchev–Trinajstić information content (AvgIpc) is 2.43. The molecular weight excluding hydrogens is 294 g/mol. The summed E-state index contributed by atoms with van der Waals surface area (Å²) in [6.45, 7) is 3.40. The number of aromatic carboxylic acids is 1. The van der Waals surface area contributed by atoms with Crippen molar-refractivity contribution in [2.75, 3.05) is 5.73 Å². The number of hydrogen-bond donors (Lipinski definition) is 2. The van der Waals surface area contributed by atoms with Gasteiger partial charge in [-0.2, -0.15) is 0 Å². The molecule has 7 heteroatoms. The predicted octanol–water partition coefficient (Wildman–Crippen LogP) is 3.09. The highest BCUT2D eigenvalue weighted by Gasteiger charge is 2.20. The van der Waals surface area contributed by atoms with Crippen molar-refractivity contribution >= 4 is 11.7 Å². The van der Waals surface area contributed by atoms with Crippen LogP contribution in [0.3, 0.4) is 0 Å². The fraction of sp³-hybridized carbons (Fsp3) is 0.200. The van der Waals surface area contributed by atoms with Crippen molar-refractivity contribution in [1.29, 1.82) is 0 Å². The molecule has 0 aliphatic carbocycles. The fourth-order valence-corrected chi connectivity index (χ4v) is 1.89. The van der Waals surface area contributed by atoms with E-state index in [-0.39, 0.29) is 23.2 Å². The maximum Gasteiger partial charge on any atom is 0.356 e. The van der Waals surface area contributed by atoms with Gasteiger partial charge in [-0.15, -0.1) is 0 Å². The lowest BCUT2D eigenvalue weighted by Crippen LogP contribution is -2.09. The van der Waals surface area contributed by atoms with Gasteiger partial charge in [0.25, 0.3) is 0 Å². The number of pyridine rings is 1. The number of nitrogens with zero attached hydrogens (tertiary/aromatic N) is 1. The summed E-state index contributed by atoms with van der Waals surface area (Å²) in [5, 5.41) is 8.99. The zero-order valence-electron chi connectivity index (χ0n) is 11.9. The Morgan fingerprint density at radius 2 is 1.95 bits per heavy atom. The minimum absolute atomic E-state index is 0.0911. The number of carboxylic acids is 1. The summed E-state index contributed by atoms with van der Waals surface area (Å²) in [5.74, 6) is -3.33. The van der Waals surface area contributed by atoms with Crippen LogP contribution in [0.15, 0.2) is 24.3 Å². The van der Waals surface area contributed by atoms with Crippen LogP contribution in [0.4, 0.5) is 14.5 Å². The number of halogens is 2. The molecule has 5 nitrogen and oxygen atoms in total. The number of anilines is 1. The maximum atomic E-state index is 14.4. The van der Waals surface area contributed by atoms with E-state index in [0.29, 0.717) is 0 Å². The summed E-state index contributed by atoms with van der Waals surface area (Å²) in [4.78, 5) is 14.8. The molecule has 3 N–H and O–H groups in total. The topological polar surface area (TPSA) is 85.4 Å². The van der Waals surface area contributed by atoms with E-state index < -0.39 is 28.9 Å². The van der Waals surface area contributed by atoms with Gasteiger partial charge in [0.2, 0.25) is 0 Å². The van der Waals surface area contributed by atoms with E-state index in [1.165, 1.54) is 18.2 Å². The number of hydrogen-bond acceptors (Lipinski definition) is 4. The maximum absolute atomic E-state index is 14.4. The molecule has 116 valence electrons. The van der Waals surface area contributed by atoms with E-state index >= 15 is 0 Å². The Morgan fingerprint density at radius 1 is 1.27 bits per heavy atom. The first-order valence-electron chi connectivity index (χ1n) is 6.46. The van der Waals surface area contributed by atoms with Gasteiger partial charge in [0.15, 0.2) is 17.3 Å². The standard InChI is InChI=1S/C15H14F2N2O3/c1-7(2)22-11-6-3-8(16)12(13(11)17)10-5-4-9(18)14(19-10)15(20)21/h3-7H,18H2,1-2H3,(H,20,21). The molecule has 0 amide bonds. The van der Waals surface area contributed by atoms with Crippen molar-refractivity contribution in [3.8, 4) is 17.0 Å². The highest BCUT2D eigenvalue weighted by molar-refractivity contribution is 5.92. The van der Waals surface area contributed by atoms with E-state index in [4.69, 9.17) is 15.6 Å². The Hall–Kier alpha value is -2.70. The van der Waals surface area contributed by atoms with E-state index in [9.17, 15) is 13.6 Å². The third-order valence-corrected chi connectivity index (χ3v) is 2.80. The lowest BCUT2D eigenvalue weighted by atomic mass is 10.1. The number of rotatable bonds is 4. The smallest absolute Gasteiger partial charge is 0.356 e. The van der Waals surface area contributed by atoms with E-state index in [1.807, 2.05) is 0 Å². The van der Waals surface area contributed by atoms with Gasteiger partial charge >= 0.3 is 5.97 Å². The Morgan fingerprint density at radius 3 is 2.55 bits per heavy atom. The number of ether oxygens (including phenoxy) is 1. The van der Waals surface area contributed by atoms with E-state index in [0.717, 1.165) is 6.07 Å². The highest BCUT2D eigenvalue weighted by atomic mass is 19.1. The van der Waals surface area contributed by atoms with Gasteiger partial charge < -0.3 is 15.6 Å². The normalized spacial score (nSPS) is 10.8. The molecule has 1 aromatic carbocycles. The van der Waals surface area contributed by atoms with Gasteiger partial charge in [0.1, 0.15) is 5.82 Å². The molecule has 1 heterocycles. The molecule has 0 spiro atoms. The molecule has 0 aliphatic heterocycles. The summed E-state index contributed by atoms with van der Waals surface area (Å²) >= 11 is 0. The molecule has 0 radical (unpaired) electrons. The third-order valence-electron chi connectivity index (χ3n) is 2.80. The van der Waals surface area contributed by atoms with Crippen LogP contribution in [0.25, 0.3) is 11.3 Å². The quantitative estimate of drug-likeness (QED) is 0.906. The molecule has 0 bridgehead atoms. The molecule has 0 saturated heterocycles. The third kappa shape index (κ3) is 2.98. The van der Waals surface area contributed by atoms with Gasteiger partial charge in [0, 0.05) is 0 Å². The number of aromatic nitrogens is 1. The van der Waals surface area contributed by atoms with Crippen molar-refractivity contribution in [1.82, 2.24) is 4.98 Å². The number of nitrogens with two attached hydrogens (primary N) is 1. The van der Waals surface area contributed by atoms with Crippen LogP contribution in [0, 0.1) is 11.6 Å². The summed E-state index contributed by atoms with van der Waals surface area (Å²) in [6.07, 6.45) is -0.304. The van der Waals surface area contributed by atoms with Crippen LogP contribution in [0.1, 0.15) is 24.3 Å². The number of carboxylic acid groups (broad SMARTS) is 1. The van der Waals surface area contributed by atoms with Gasteiger partial charge in [0.05, 0.1) is 23.0 Å². The van der Waals surface area contributed by atoms with Crippen molar-refractivity contribution in [2.45, 2.75) is 20.0 Å². The van der Waals surface area contributed by atoms with Crippen LogP contribution in [-0.4, -0.2) is 22.2 Å². The lowest BCUT2D eigenvalue weighted by Gasteiger charge is -2.13. The van der Waals surface area contributed by atoms with Gasteiger partial charge in [-0.25, -0.2) is 18.6 Å². The molecule has 0 aliphatic rings. The molecule has 2 aromatic rings. The molecule has 0 atom stereocenters. The van der Waals surface area contributed by atoms with Crippen LogP contribution < -0.4 is 10.5 Å². The first kappa shape index (κ1) is 15.7. The second-order valence-electron chi connectivity index (χ2n) is 4.84. The number of nitrogen functional groups attached to an aromatic ring is 1. The van der Waals surface area contributed by atoms with Crippen molar-refractivity contribution < 1.29 is 23.4 Å². The monoisotopic (exact) mass is 308 g/mol. The Kier molecular flexibility index (Phi) is 4.25. The molecular formula is C15H14F2N2O3. The van der Waals surface area contributed by atoms with Gasteiger partial charge in [-0.05, 0) is 38.1 Å². The van der Waals surface area contributed by atoms with E-state index in [1.54, 1.807) is 13.8 Å². The zero-order valence-corrected chi connectivity index (χ0v) is 11.9. The first-order valence-corrected chi connectivity index (χ1v) is 6.46. The number of benzene rings is 1. The summed E-state index contributed by atoms with van der Waals surface area (Å²) in [7, 11) is 0. The molecule has 1 aromatic heterocycles. The van der Waals surface area contributed by atoms with Crippen LogP contribution in [0.2, 0.25) is 0 Å². The van der Waals surface area contributed by atoms with Crippen LogP contribution in [0.5, 0.6) is 5.75 Å². The Balaban J connectivity index is 2.62. The number of carbonyl (C=O) groups is 1. The summed E-state index contributed by atoms with van der Waals surface area (Å²) in [5.41, 5.74) is 4.30. The minimum atomic E-state index is -1.38. The van der Waals surface area contributed by atoms with Crippen LogP contribution >= 0.6 is 0 Å². The Bertz CT molecular complexity index is 733. The highest BCUT2D eigenvalue weighted by Crippen LogP contribution is 2.32. The van der Waals surface area contributed by atoms with E-state index in [2.05, 4.69) is 4.98 Å². The summed E-state index contributed by atoms with van der Waals surface area (Å²) < 4.78 is 33.7.